The Morgan fingerprint density at radius 1 is 1.50 bits per heavy atom. The second-order valence-electron chi connectivity index (χ2n) is 3.06. The van der Waals surface area contributed by atoms with Gasteiger partial charge in [0.15, 0.2) is 5.89 Å². The zero-order valence-electron chi connectivity index (χ0n) is 7.89. The van der Waals surface area contributed by atoms with Gasteiger partial charge in [0.25, 0.3) is 0 Å². The van der Waals surface area contributed by atoms with Crippen LogP contribution >= 0.6 is 11.5 Å². The lowest BCUT2D eigenvalue weighted by atomic mass is 10.2. The molecule has 0 aliphatic rings. The minimum Gasteiger partial charge on any atom is -0.449 e. The first-order valence-corrected chi connectivity index (χ1v) is 4.97. The van der Waals surface area contributed by atoms with E-state index in [-0.39, 0.29) is 0 Å². The Balaban J connectivity index is 2.28. The van der Waals surface area contributed by atoms with E-state index in [1.54, 1.807) is 6.92 Å². The molecule has 2 aromatic rings. The second kappa shape index (κ2) is 3.51. The summed E-state index contributed by atoms with van der Waals surface area (Å²) in [4.78, 5) is 4.85. The molecule has 2 heterocycles. The van der Waals surface area contributed by atoms with Crippen molar-refractivity contribution in [3.05, 3.63) is 34.5 Å². The molecular formula is C9H10N2O2S. The summed E-state index contributed by atoms with van der Waals surface area (Å²) in [5.74, 6) is 0.556. The number of aliphatic hydroxyl groups is 1. The van der Waals surface area contributed by atoms with Crippen molar-refractivity contribution in [2.24, 2.45) is 0 Å². The van der Waals surface area contributed by atoms with Gasteiger partial charge < -0.3 is 9.52 Å². The quantitative estimate of drug-likeness (QED) is 0.821. The molecule has 1 atom stereocenters. The second-order valence-corrected chi connectivity index (χ2v) is 3.90. The van der Waals surface area contributed by atoms with Crippen LogP contribution in [0, 0.1) is 13.8 Å². The number of hydrogen-bond donors (Lipinski definition) is 1. The average molecular weight is 210 g/mol. The van der Waals surface area contributed by atoms with Gasteiger partial charge in [0.2, 0.25) is 0 Å². The van der Waals surface area contributed by atoms with E-state index in [1.165, 1.54) is 17.8 Å². The van der Waals surface area contributed by atoms with Gasteiger partial charge in [-0.3, -0.25) is 0 Å². The summed E-state index contributed by atoms with van der Waals surface area (Å²) < 4.78 is 9.12. The zero-order valence-corrected chi connectivity index (χ0v) is 8.71. The van der Waals surface area contributed by atoms with E-state index in [0.29, 0.717) is 11.6 Å². The third-order valence-electron chi connectivity index (χ3n) is 1.83. The lowest BCUT2D eigenvalue weighted by Crippen LogP contribution is -1.97. The van der Waals surface area contributed by atoms with Gasteiger partial charge in [0, 0.05) is 6.92 Å². The van der Waals surface area contributed by atoms with Crippen molar-refractivity contribution in [2.75, 3.05) is 0 Å². The van der Waals surface area contributed by atoms with Crippen LogP contribution in [0.2, 0.25) is 0 Å². The first-order chi connectivity index (χ1) is 6.66. The van der Waals surface area contributed by atoms with Crippen LogP contribution in [0.25, 0.3) is 0 Å². The predicted molar refractivity (Wildman–Crippen MR) is 52.2 cm³/mol. The van der Waals surface area contributed by atoms with Crippen molar-refractivity contribution < 1.29 is 9.52 Å². The molecular weight excluding hydrogens is 200 g/mol. The Morgan fingerprint density at radius 3 is 2.79 bits per heavy atom. The molecule has 0 aromatic carbocycles. The highest BCUT2D eigenvalue weighted by atomic mass is 32.1. The van der Waals surface area contributed by atoms with E-state index in [2.05, 4.69) is 9.36 Å². The summed E-state index contributed by atoms with van der Waals surface area (Å²) in [6.45, 7) is 3.63. The van der Waals surface area contributed by atoms with Gasteiger partial charge in [-0.1, -0.05) is 0 Å². The molecule has 0 fully saturated rings. The molecule has 0 bridgehead atoms. The molecule has 0 saturated carbocycles. The first-order valence-electron chi connectivity index (χ1n) is 4.20. The SMILES string of the molecule is Cc1cc(C(O)c2coc(C)n2)sn1. The van der Waals surface area contributed by atoms with Crippen LogP contribution in [0.5, 0.6) is 0 Å². The Bertz CT molecular complexity index is 395. The fourth-order valence-electron chi connectivity index (χ4n) is 1.16. The van der Waals surface area contributed by atoms with E-state index in [4.69, 9.17) is 4.42 Å². The molecule has 2 rings (SSSR count). The lowest BCUT2D eigenvalue weighted by molar-refractivity contribution is 0.219. The van der Waals surface area contributed by atoms with Gasteiger partial charge in [-0.25, -0.2) is 4.98 Å². The van der Waals surface area contributed by atoms with Crippen molar-refractivity contribution in [1.82, 2.24) is 9.36 Å². The predicted octanol–water partition coefficient (Wildman–Crippen LogP) is 1.83. The largest absolute Gasteiger partial charge is 0.449 e. The maximum atomic E-state index is 9.87. The molecule has 14 heavy (non-hydrogen) atoms. The van der Waals surface area contributed by atoms with Crippen LogP contribution in [0.1, 0.15) is 28.3 Å². The number of hydrogen-bond acceptors (Lipinski definition) is 5. The molecule has 0 spiro atoms. The van der Waals surface area contributed by atoms with Crippen molar-refractivity contribution in [3.63, 3.8) is 0 Å². The smallest absolute Gasteiger partial charge is 0.191 e. The van der Waals surface area contributed by atoms with Crippen LogP contribution in [-0.2, 0) is 0 Å². The number of rotatable bonds is 2. The number of aromatic nitrogens is 2. The first kappa shape index (κ1) is 9.36. The fraction of sp³-hybridized carbons (Fsp3) is 0.333. The summed E-state index contributed by atoms with van der Waals surface area (Å²) in [7, 11) is 0. The normalized spacial score (nSPS) is 13.1. The van der Waals surface area contributed by atoms with Gasteiger partial charge in [-0.05, 0) is 24.5 Å². The molecule has 74 valence electrons. The molecule has 2 aromatic heterocycles. The van der Waals surface area contributed by atoms with Crippen molar-refractivity contribution in [1.29, 1.82) is 0 Å². The highest BCUT2D eigenvalue weighted by molar-refractivity contribution is 7.05. The van der Waals surface area contributed by atoms with Crippen LogP contribution in [0.15, 0.2) is 16.7 Å². The Hall–Kier alpha value is -1.20. The van der Waals surface area contributed by atoms with Crippen LogP contribution in [-0.4, -0.2) is 14.5 Å². The topological polar surface area (TPSA) is 59.2 Å². The Morgan fingerprint density at radius 2 is 2.29 bits per heavy atom. The number of aliphatic hydroxyl groups excluding tert-OH is 1. The van der Waals surface area contributed by atoms with E-state index in [1.807, 2.05) is 13.0 Å². The maximum Gasteiger partial charge on any atom is 0.191 e. The van der Waals surface area contributed by atoms with E-state index in [0.717, 1.165) is 10.6 Å². The summed E-state index contributed by atoms with van der Waals surface area (Å²) in [6.07, 6.45) is 0.744. The van der Waals surface area contributed by atoms with Crippen LogP contribution in [0.4, 0.5) is 0 Å². The monoisotopic (exact) mass is 210 g/mol. The van der Waals surface area contributed by atoms with Crippen molar-refractivity contribution in [3.8, 4) is 0 Å². The van der Waals surface area contributed by atoms with Gasteiger partial charge >= 0.3 is 0 Å². The van der Waals surface area contributed by atoms with Crippen LogP contribution < -0.4 is 0 Å². The average Bonchev–Trinajstić information content (AvgIpc) is 2.73. The molecule has 0 amide bonds. The van der Waals surface area contributed by atoms with Crippen LogP contribution in [0.3, 0.4) is 0 Å². The van der Waals surface area contributed by atoms with Gasteiger partial charge in [-0.2, -0.15) is 4.37 Å². The van der Waals surface area contributed by atoms with E-state index in [9.17, 15) is 5.11 Å². The summed E-state index contributed by atoms with van der Waals surface area (Å²) in [6, 6.07) is 1.85. The maximum absolute atomic E-state index is 9.87. The fourth-order valence-corrected chi connectivity index (χ4v) is 1.91. The zero-order chi connectivity index (χ0) is 10.1. The molecule has 0 aliphatic carbocycles. The molecule has 4 nitrogen and oxygen atoms in total. The highest BCUT2D eigenvalue weighted by Gasteiger charge is 2.16. The standard InChI is InChI=1S/C9H10N2O2S/c1-5-3-8(14-11-5)9(12)7-4-13-6(2)10-7/h3-4,9,12H,1-2H3. The molecule has 5 heteroatoms. The highest BCUT2D eigenvalue weighted by Crippen LogP contribution is 2.24. The number of aryl methyl sites for hydroxylation is 2. The minimum absolute atomic E-state index is 0.533. The van der Waals surface area contributed by atoms with Crippen molar-refractivity contribution >= 4 is 11.5 Å². The summed E-state index contributed by atoms with van der Waals surface area (Å²) >= 11 is 1.28. The minimum atomic E-state index is -0.723. The van der Waals surface area contributed by atoms with Crippen molar-refractivity contribution in [2.45, 2.75) is 20.0 Å². The van der Waals surface area contributed by atoms with Gasteiger partial charge in [-0.15, -0.1) is 0 Å². The summed E-state index contributed by atoms with van der Waals surface area (Å²) in [5, 5.41) is 9.87. The Labute approximate surface area is 85.4 Å². The molecule has 0 saturated heterocycles. The lowest BCUT2D eigenvalue weighted by Gasteiger charge is -2.01. The number of nitrogens with zero attached hydrogens (tertiary/aromatic N) is 2. The molecule has 1 N–H and O–H groups in total. The summed E-state index contributed by atoms with van der Waals surface area (Å²) in [5.41, 5.74) is 1.44. The van der Waals surface area contributed by atoms with E-state index < -0.39 is 6.10 Å². The molecule has 0 aliphatic heterocycles. The van der Waals surface area contributed by atoms with Gasteiger partial charge in [0.05, 0.1) is 10.6 Å². The molecule has 1 unspecified atom stereocenters. The third-order valence-corrected chi connectivity index (χ3v) is 2.76. The van der Waals surface area contributed by atoms with E-state index >= 15 is 0 Å². The molecule has 0 radical (unpaired) electrons. The number of oxazole rings is 1. The Kier molecular flexibility index (Phi) is 2.35. The third kappa shape index (κ3) is 1.69. The van der Waals surface area contributed by atoms with Gasteiger partial charge in [0.1, 0.15) is 18.1 Å².